The first-order valence-electron chi connectivity index (χ1n) is 8.27. The molecule has 2 aromatic rings. The number of ether oxygens (including phenoxy) is 1. The summed E-state index contributed by atoms with van der Waals surface area (Å²) in [6.45, 7) is 5.31. The van der Waals surface area contributed by atoms with Crippen LogP contribution in [-0.2, 0) is 16.0 Å². The van der Waals surface area contributed by atoms with Crippen LogP contribution in [0.5, 0.6) is 5.75 Å². The molecule has 26 heavy (non-hydrogen) atoms. The smallest absolute Gasteiger partial charge is 0.328 e. The Labute approximate surface area is 153 Å². The number of benzene rings is 2. The van der Waals surface area contributed by atoms with Gasteiger partial charge in [-0.2, -0.15) is 0 Å². The van der Waals surface area contributed by atoms with Gasteiger partial charge in [0.25, 0.3) is 0 Å². The highest BCUT2D eigenvalue weighted by Crippen LogP contribution is 2.28. The average Bonchev–Trinajstić information content (AvgIpc) is 2.60. The van der Waals surface area contributed by atoms with E-state index in [4.69, 9.17) is 14.9 Å². The Morgan fingerprint density at radius 2 is 1.69 bits per heavy atom. The van der Waals surface area contributed by atoms with Gasteiger partial charge < -0.3 is 20.3 Å². The molecule has 0 amide bonds. The molecule has 0 spiro atoms. The Morgan fingerprint density at radius 3 is 2.23 bits per heavy atom. The summed E-state index contributed by atoms with van der Waals surface area (Å²) in [5.74, 6) is -1.53. The SMILES string of the molecule is COc1ccc2ccccc2c1CCNC(C)C.O=C(O)/C=C/C(=O)O. The summed E-state index contributed by atoms with van der Waals surface area (Å²) in [5, 5.41) is 21.6. The number of hydrogen-bond acceptors (Lipinski definition) is 4. The van der Waals surface area contributed by atoms with Crippen molar-refractivity contribution >= 4 is 22.7 Å². The predicted octanol–water partition coefficient (Wildman–Crippen LogP) is 3.10. The van der Waals surface area contributed by atoms with Gasteiger partial charge >= 0.3 is 11.9 Å². The summed E-state index contributed by atoms with van der Waals surface area (Å²) in [6, 6.07) is 13.2. The fourth-order valence-electron chi connectivity index (χ4n) is 2.39. The third-order valence-electron chi connectivity index (χ3n) is 3.51. The third kappa shape index (κ3) is 7.36. The quantitative estimate of drug-likeness (QED) is 0.658. The molecular formula is C20H25NO5. The first kappa shape index (κ1) is 21.2. The normalized spacial score (nSPS) is 10.6. The zero-order chi connectivity index (χ0) is 19.5. The molecule has 0 fully saturated rings. The number of fused-ring (bicyclic) bond motifs is 1. The van der Waals surface area contributed by atoms with Crippen LogP contribution in [0.15, 0.2) is 48.6 Å². The molecule has 0 bridgehead atoms. The van der Waals surface area contributed by atoms with Crippen LogP contribution in [0.3, 0.4) is 0 Å². The first-order chi connectivity index (χ1) is 12.3. The molecule has 0 atom stereocenters. The van der Waals surface area contributed by atoms with Crippen molar-refractivity contribution in [2.75, 3.05) is 13.7 Å². The lowest BCUT2D eigenvalue weighted by Gasteiger charge is -2.13. The Bertz CT molecular complexity index is 752. The van der Waals surface area contributed by atoms with Crippen LogP contribution in [0, 0.1) is 0 Å². The number of aliphatic carboxylic acids is 2. The minimum absolute atomic E-state index is 0.519. The van der Waals surface area contributed by atoms with Crippen molar-refractivity contribution in [3.05, 3.63) is 54.1 Å². The highest BCUT2D eigenvalue weighted by molar-refractivity contribution is 5.89. The molecule has 0 aliphatic heterocycles. The van der Waals surface area contributed by atoms with Crippen molar-refractivity contribution in [3.63, 3.8) is 0 Å². The lowest BCUT2D eigenvalue weighted by atomic mass is 10.0. The van der Waals surface area contributed by atoms with Gasteiger partial charge in [0, 0.05) is 23.8 Å². The molecule has 0 aliphatic rings. The molecule has 0 heterocycles. The largest absolute Gasteiger partial charge is 0.496 e. The average molecular weight is 359 g/mol. The number of hydrogen-bond donors (Lipinski definition) is 3. The van der Waals surface area contributed by atoms with Crippen molar-refractivity contribution in [2.45, 2.75) is 26.3 Å². The molecule has 140 valence electrons. The lowest BCUT2D eigenvalue weighted by Crippen LogP contribution is -2.25. The van der Waals surface area contributed by atoms with Gasteiger partial charge in [-0.05, 0) is 29.8 Å². The van der Waals surface area contributed by atoms with Crippen LogP contribution in [0.25, 0.3) is 10.8 Å². The van der Waals surface area contributed by atoms with Crippen LogP contribution in [0.2, 0.25) is 0 Å². The number of carbonyl (C=O) groups is 2. The number of nitrogens with one attached hydrogen (secondary N) is 1. The van der Waals surface area contributed by atoms with Gasteiger partial charge in [-0.3, -0.25) is 0 Å². The van der Waals surface area contributed by atoms with Crippen LogP contribution in [0.4, 0.5) is 0 Å². The molecular weight excluding hydrogens is 334 g/mol. The van der Waals surface area contributed by atoms with E-state index in [1.54, 1.807) is 7.11 Å². The topological polar surface area (TPSA) is 95.9 Å². The Balaban J connectivity index is 0.000000359. The highest BCUT2D eigenvalue weighted by Gasteiger charge is 2.07. The molecule has 0 saturated carbocycles. The molecule has 0 radical (unpaired) electrons. The van der Waals surface area contributed by atoms with Gasteiger partial charge in [0.2, 0.25) is 0 Å². The van der Waals surface area contributed by atoms with Gasteiger partial charge in [0.1, 0.15) is 5.75 Å². The Morgan fingerprint density at radius 1 is 1.08 bits per heavy atom. The zero-order valence-electron chi connectivity index (χ0n) is 15.2. The molecule has 3 N–H and O–H groups in total. The molecule has 2 aromatic carbocycles. The van der Waals surface area contributed by atoms with E-state index < -0.39 is 11.9 Å². The lowest BCUT2D eigenvalue weighted by molar-refractivity contribution is -0.134. The minimum atomic E-state index is -1.26. The van der Waals surface area contributed by atoms with E-state index >= 15 is 0 Å². The van der Waals surface area contributed by atoms with Gasteiger partial charge in [-0.15, -0.1) is 0 Å². The summed E-state index contributed by atoms with van der Waals surface area (Å²) in [5.41, 5.74) is 1.30. The summed E-state index contributed by atoms with van der Waals surface area (Å²) in [7, 11) is 1.74. The number of methoxy groups -OCH3 is 1. The molecule has 0 unspecified atom stereocenters. The standard InChI is InChI=1S/C16H21NO.C4H4O4/c1-12(2)17-11-10-15-14-7-5-4-6-13(14)8-9-16(15)18-3;5-3(6)1-2-4(7)8/h4-9,12,17H,10-11H2,1-3H3;1-2H,(H,5,6)(H,7,8)/b;2-1+. The van der Waals surface area contributed by atoms with Crippen LogP contribution >= 0.6 is 0 Å². The van der Waals surface area contributed by atoms with Crippen molar-refractivity contribution in [3.8, 4) is 5.75 Å². The van der Waals surface area contributed by atoms with E-state index in [-0.39, 0.29) is 0 Å². The molecule has 6 heteroatoms. The molecule has 0 aliphatic carbocycles. The molecule has 0 aromatic heterocycles. The van der Waals surface area contributed by atoms with Gasteiger partial charge in [-0.1, -0.05) is 44.2 Å². The fourth-order valence-corrected chi connectivity index (χ4v) is 2.39. The summed E-state index contributed by atoms with van der Waals surface area (Å²) < 4.78 is 5.48. The summed E-state index contributed by atoms with van der Waals surface area (Å²) in [4.78, 5) is 19.1. The number of rotatable bonds is 7. The highest BCUT2D eigenvalue weighted by atomic mass is 16.5. The summed E-state index contributed by atoms with van der Waals surface area (Å²) in [6.07, 6.45) is 2.10. The van der Waals surface area contributed by atoms with E-state index in [1.165, 1.54) is 16.3 Å². The first-order valence-corrected chi connectivity index (χ1v) is 8.27. The maximum atomic E-state index is 9.55. The van der Waals surface area contributed by atoms with E-state index in [1.807, 2.05) is 0 Å². The fraction of sp³-hybridized carbons (Fsp3) is 0.300. The Hall–Kier alpha value is -2.86. The van der Waals surface area contributed by atoms with Gasteiger partial charge in [-0.25, -0.2) is 9.59 Å². The van der Waals surface area contributed by atoms with Gasteiger partial charge in [0.15, 0.2) is 0 Å². The van der Waals surface area contributed by atoms with E-state index in [0.717, 1.165) is 18.7 Å². The maximum Gasteiger partial charge on any atom is 0.328 e. The van der Waals surface area contributed by atoms with Crippen molar-refractivity contribution in [1.82, 2.24) is 5.32 Å². The second-order valence-corrected chi connectivity index (χ2v) is 5.84. The second kappa shape index (κ2) is 10.9. The zero-order valence-corrected chi connectivity index (χ0v) is 15.2. The molecule has 0 saturated heterocycles. The van der Waals surface area contributed by atoms with Crippen LogP contribution in [0.1, 0.15) is 19.4 Å². The number of carboxylic acid groups (broad SMARTS) is 2. The Kier molecular flexibility index (Phi) is 8.87. The van der Waals surface area contributed by atoms with E-state index in [2.05, 4.69) is 55.6 Å². The van der Waals surface area contributed by atoms with Crippen LogP contribution < -0.4 is 10.1 Å². The van der Waals surface area contributed by atoms with Crippen molar-refractivity contribution in [1.29, 1.82) is 0 Å². The van der Waals surface area contributed by atoms with Crippen LogP contribution in [-0.4, -0.2) is 41.8 Å². The van der Waals surface area contributed by atoms with E-state index in [0.29, 0.717) is 18.2 Å². The van der Waals surface area contributed by atoms with Crippen molar-refractivity contribution in [2.24, 2.45) is 0 Å². The van der Waals surface area contributed by atoms with Crippen molar-refractivity contribution < 1.29 is 24.5 Å². The third-order valence-corrected chi connectivity index (χ3v) is 3.51. The minimum Gasteiger partial charge on any atom is -0.496 e. The van der Waals surface area contributed by atoms with Gasteiger partial charge in [0.05, 0.1) is 7.11 Å². The monoisotopic (exact) mass is 359 g/mol. The summed E-state index contributed by atoms with van der Waals surface area (Å²) >= 11 is 0. The van der Waals surface area contributed by atoms with E-state index in [9.17, 15) is 9.59 Å². The number of carboxylic acids is 2. The maximum absolute atomic E-state index is 9.55. The second-order valence-electron chi connectivity index (χ2n) is 5.84. The predicted molar refractivity (Wildman–Crippen MR) is 102 cm³/mol. The molecule has 2 rings (SSSR count). The molecule has 6 nitrogen and oxygen atoms in total.